The van der Waals surface area contributed by atoms with Gasteiger partial charge in [-0.3, -0.25) is 10.1 Å². The molecule has 1 N–H and O–H groups in total. The Labute approximate surface area is 156 Å². The number of carbonyl (C=O) groups is 1. The van der Waals surface area contributed by atoms with Crippen LogP contribution in [-0.4, -0.2) is 21.9 Å². The maximum Gasteiger partial charge on any atom is 0.264 e. The molecule has 0 saturated heterocycles. The van der Waals surface area contributed by atoms with Crippen molar-refractivity contribution in [3.8, 4) is 16.5 Å². The summed E-state index contributed by atoms with van der Waals surface area (Å²) in [6.45, 7) is 2.03. The highest BCUT2D eigenvalue weighted by atomic mass is 79.9. The maximum atomic E-state index is 12.0. The zero-order valence-corrected chi connectivity index (χ0v) is 16.0. The van der Waals surface area contributed by atoms with Gasteiger partial charge in [0.05, 0.1) is 8.66 Å². The first-order valence-electron chi connectivity index (χ1n) is 7.25. The van der Waals surface area contributed by atoms with Crippen molar-refractivity contribution in [1.82, 2.24) is 9.36 Å². The molecule has 0 bridgehead atoms. The van der Waals surface area contributed by atoms with E-state index in [0.717, 1.165) is 26.6 Å². The van der Waals surface area contributed by atoms with E-state index in [-0.39, 0.29) is 12.5 Å². The third-order valence-electron chi connectivity index (χ3n) is 3.17. The van der Waals surface area contributed by atoms with Gasteiger partial charge in [0.1, 0.15) is 5.75 Å². The van der Waals surface area contributed by atoms with Crippen molar-refractivity contribution in [2.24, 2.45) is 0 Å². The zero-order valence-electron chi connectivity index (χ0n) is 12.8. The highest BCUT2D eigenvalue weighted by molar-refractivity contribution is 9.11. The number of aromatic nitrogens is 2. The van der Waals surface area contributed by atoms with Crippen molar-refractivity contribution < 1.29 is 9.53 Å². The molecular formula is C16H14BrN3O2S2. The van der Waals surface area contributed by atoms with Crippen LogP contribution in [0.1, 0.15) is 12.5 Å². The number of nitrogens with one attached hydrogen (secondary N) is 1. The van der Waals surface area contributed by atoms with E-state index in [1.165, 1.54) is 5.56 Å². The fraction of sp³-hybridized carbons (Fsp3) is 0.188. The predicted molar refractivity (Wildman–Crippen MR) is 101 cm³/mol. The van der Waals surface area contributed by atoms with Gasteiger partial charge in [0, 0.05) is 11.5 Å². The van der Waals surface area contributed by atoms with Crippen LogP contribution in [0.2, 0.25) is 0 Å². The molecular weight excluding hydrogens is 410 g/mol. The molecule has 0 fully saturated rings. The summed E-state index contributed by atoms with van der Waals surface area (Å²) in [5, 5.41) is 3.17. The number of carbonyl (C=O) groups excluding carboxylic acids is 1. The molecule has 24 heavy (non-hydrogen) atoms. The summed E-state index contributed by atoms with van der Waals surface area (Å²) in [6.07, 6.45) is 0.973. The molecule has 1 amide bonds. The fourth-order valence-corrected chi connectivity index (χ4v) is 3.91. The molecule has 0 spiro atoms. The van der Waals surface area contributed by atoms with Gasteiger partial charge in [-0.15, -0.1) is 11.3 Å². The van der Waals surface area contributed by atoms with Gasteiger partial charge < -0.3 is 4.74 Å². The van der Waals surface area contributed by atoms with Gasteiger partial charge in [-0.2, -0.15) is 9.36 Å². The molecule has 0 aliphatic carbocycles. The minimum Gasteiger partial charge on any atom is -0.484 e. The SMILES string of the molecule is CCc1ccc(OCC(=O)Nc2nc(-c3ccc(Br)s3)ns2)cc1. The molecule has 8 heteroatoms. The number of hydrogen-bond donors (Lipinski definition) is 1. The molecule has 124 valence electrons. The second-order valence-corrected chi connectivity index (χ2v) is 8.08. The molecule has 2 heterocycles. The van der Waals surface area contributed by atoms with Crippen LogP contribution in [0.4, 0.5) is 5.13 Å². The molecule has 1 aromatic carbocycles. The first-order valence-corrected chi connectivity index (χ1v) is 9.63. The Bertz CT molecular complexity index is 830. The fourth-order valence-electron chi connectivity index (χ4n) is 1.93. The second kappa shape index (κ2) is 7.87. The molecule has 3 aromatic rings. The van der Waals surface area contributed by atoms with Crippen LogP contribution in [0.5, 0.6) is 5.75 Å². The van der Waals surface area contributed by atoms with Crippen molar-refractivity contribution in [3.63, 3.8) is 0 Å². The number of ether oxygens (including phenoxy) is 1. The number of thiophene rings is 1. The van der Waals surface area contributed by atoms with Crippen molar-refractivity contribution >= 4 is 49.8 Å². The third-order valence-corrected chi connectivity index (χ3v) is 5.42. The number of benzene rings is 1. The van der Waals surface area contributed by atoms with Gasteiger partial charge in [-0.05, 0) is 52.2 Å². The van der Waals surface area contributed by atoms with E-state index >= 15 is 0 Å². The van der Waals surface area contributed by atoms with Crippen molar-refractivity contribution in [3.05, 3.63) is 45.7 Å². The van der Waals surface area contributed by atoms with E-state index in [4.69, 9.17) is 4.74 Å². The summed E-state index contributed by atoms with van der Waals surface area (Å²) >= 11 is 6.10. The highest BCUT2D eigenvalue weighted by Crippen LogP contribution is 2.31. The van der Waals surface area contributed by atoms with Crippen LogP contribution < -0.4 is 10.1 Å². The summed E-state index contributed by atoms with van der Waals surface area (Å²) in [4.78, 5) is 17.2. The number of halogens is 1. The van der Waals surface area contributed by atoms with Crippen LogP contribution in [0.3, 0.4) is 0 Å². The average Bonchev–Trinajstić information content (AvgIpc) is 3.22. The topological polar surface area (TPSA) is 64.1 Å². The Morgan fingerprint density at radius 3 is 2.71 bits per heavy atom. The first kappa shape index (κ1) is 17.1. The van der Waals surface area contributed by atoms with Crippen molar-refractivity contribution in [1.29, 1.82) is 0 Å². The van der Waals surface area contributed by atoms with E-state index in [1.54, 1.807) is 11.3 Å². The van der Waals surface area contributed by atoms with Crippen LogP contribution in [-0.2, 0) is 11.2 Å². The van der Waals surface area contributed by atoms with E-state index in [1.807, 2.05) is 36.4 Å². The largest absolute Gasteiger partial charge is 0.484 e. The smallest absolute Gasteiger partial charge is 0.264 e. The van der Waals surface area contributed by atoms with Gasteiger partial charge in [-0.25, -0.2) is 0 Å². The van der Waals surface area contributed by atoms with Crippen LogP contribution in [0, 0.1) is 0 Å². The van der Waals surface area contributed by atoms with Gasteiger partial charge >= 0.3 is 0 Å². The lowest BCUT2D eigenvalue weighted by molar-refractivity contribution is -0.118. The van der Waals surface area contributed by atoms with E-state index < -0.39 is 0 Å². The number of anilines is 1. The summed E-state index contributed by atoms with van der Waals surface area (Å²) in [7, 11) is 0. The zero-order chi connectivity index (χ0) is 16.9. The molecule has 0 atom stereocenters. The van der Waals surface area contributed by atoms with Gasteiger partial charge in [0.15, 0.2) is 12.4 Å². The quantitative estimate of drug-likeness (QED) is 0.628. The maximum absolute atomic E-state index is 12.0. The minimum atomic E-state index is -0.260. The normalized spacial score (nSPS) is 10.6. The number of rotatable bonds is 6. The van der Waals surface area contributed by atoms with Crippen LogP contribution >= 0.6 is 38.8 Å². The summed E-state index contributed by atoms with van der Waals surface area (Å²) in [6, 6.07) is 11.6. The molecule has 0 radical (unpaired) electrons. The lowest BCUT2D eigenvalue weighted by Gasteiger charge is -2.06. The first-order chi connectivity index (χ1) is 11.6. The average molecular weight is 424 g/mol. The van der Waals surface area contributed by atoms with Gasteiger partial charge in [0.2, 0.25) is 5.13 Å². The standard InChI is InChI=1S/C16H14BrN3O2S2/c1-2-10-3-5-11(6-4-10)22-9-14(21)18-16-19-15(20-24-16)12-7-8-13(17)23-12/h3-8H,2,9H2,1H3,(H,18,19,20,21). The Balaban J connectivity index is 1.54. The molecule has 0 unspecified atom stereocenters. The number of hydrogen-bond acceptors (Lipinski definition) is 6. The number of amides is 1. The van der Waals surface area contributed by atoms with Gasteiger partial charge in [-0.1, -0.05) is 19.1 Å². The predicted octanol–water partition coefficient (Wildman–Crippen LogP) is 4.61. The Morgan fingerprint density at radius 2 is 2.04 bits per heavy atom. The summed E-state index contributed by atoms with van der Waals surface area (Å²) in [5.41, 5.74) is 1.23. The van der Waals surface area contributed by atoms with Crippen LogP contribution in [0.25, 0.3) is 10.7 Å². The van der Waals surface area contributed by atoms with Crippen LogP contribution in [0.15, 0.2) is 40.2 Å². The van der Waals surface area contributed by atoms with E-state index in [9.17, 15) is 4.79 Å². The molecule has 0 saturated carbocycles. The van der Waals surface area contributed by atoms with Gasteiger partial charge in [0.25, 0.3) is 5.91 Å². The summed E-state index contributed by atoms with van der Waals surface area (Å²) in [5.74, 6) is 1.02. The Hall–Kier alpha value is -1.77. The monoisotopic (exact) mass is 423 g/mol. The lowest BCUT2D eigenvalue weighted by Crippen LogP contribution is -2.20. The third kappa shape index (κ3) is 4.40. The molecule has 5 nitrogen and oxygen atoms in total. The minimum absolute atomic E-state index is 0.0645. The second-order valence-electron chi connectivity index (χ2n) is 4.86. The Morgan fingerprint density at radius 1 is 1.25 bits per heavy atom. The number of nitrogens with zero attached hydrogens (tertiary/aromatic N) is 2. The molecule has 0 aliphatic heterocycles. The van der Waals surface area contributed by atoms with Crippen molar-refractivity contribution in [2.75, 3.05) is 11.9 Å². The highest BCUT2D eigenvalue weighted by Gasteiger charge is 2.11. The van der Waals surface area contributed by atoms with Crippen molar-refractivity contribution in [2.45, 2.75) is 13.3 Å². The lowest BCUT2D eigenvalue weighted by atomic mass is 10.2. The molecule has 2 aromatic heterocycles. The van der Waals surface area contributed by atoms with E-state index in [0.29, 0.717) is 16.7 Å². The Kier molecular flexibility index (Phi) is 5.60. The summed E-state index contributed by atoms with van der Waals surface area (Å²) < 4.78 is 10.7. The van der Waals surface area contributed by atoms with E-state index in [2.05, 4.69) is 37.5 Å². The molecule has 0 aliphatic rings. The molecule has 3 rings (SSSR count). The number of aryl methyl sites for hydroxylation is 1.